The van der Waals surface area contributed by atoms with Gasteiger partial charge >= 0.3 is 11.8 Å². The number of rotatable bonds is 7. The summed E-state index contributed by atoms with van der Waals surface area (Å²) in [5, 5.41) is 9.29. The minimum atomic E-state index is -0.786. The van der Waals surface area contributed by atoms with E-state index >= 15 is 0 Å². The van der Waals surface area contributed by atoms with E-state index in [1.165, 1.54) is 12.6 Å². The Morgan fingerprint density at radius 3 is 2.35 bits per heavy atom. The van der Waals surface area contributed by atoms with Crippen molar-refractivity contribution in [3.8, 4) is 5.75 Å². The number of nitrogens with one attached hydrogen (secondary N) is 3. The Morgan fingerprint density at radius 1 is 0.935 bits per heavy atom. The fourth-order valence-corrected chi connectivity index (χ4v) is 3.23. The smallest absolute Gasteiger partial charge is 0.329 e. The zero-order valence-corrected chi connectivity index (χ0v) is 17.2. The Kier molecular flexibility index (Phi) is 8.16. The van der Waals surface area contributed by atoms with Gasteiger partial charge in [0.1, 0.15) is 5.75 Å². The number of hydrogen-bond donors (Lipinski definition) is 3. The zero-order chi connectivity index (χ0) is 21.9. The van der Waals surface area contributed by atoms with Gasteiger partial charge in [0.2, 0.25) is 0 Å². The molecule has 1 saturated carbocycles. The molecule has 1 fully saturated rings. The Balaban J connectivity index is 1.39. The number of anilines is 1. The highest BCUT2D eigenvalue weighted by atomic mass is 16.5. The molecule has 31 heavy (non-hydrogen) atoms. The van der Waals surface area contributed by atoms with E-state index < -0.39 is 11.8 Å². The largest absolute Gasteiger partial charge is 0.484 e. The molecule has 1 aliphatic rings. The first-order chi connectivity index (χ1) is 15.1. The number of carbonyl (C=O) groups is 3. The molecule has 1 aliphatic carbocycles. The molecule has 0 radical (unpaired) electrons. The van der Waals surface area contributed by atoms with Crippen molar-refractivity contribution in [1.29, 1.82) is 0 Å². The van der Waals surface area contributed by atoms with Crippen molar-refractivity contribution in [3.05, 3.63) is 60.2 Å². The third kappa shape index (κ3) is 7.58. The number of amides is 3. The van der Waals surface area contributed by atoms with Gasteiger partial charge in [-0.2, -0.15) is 5.10 Å². The topological polar surface area (TPSA) is 109 Å². The molecule has 0 aliphatic heterocycles. The summed E-state index contributed by atoms with van der Waals surface area (Å²) in [5.41, 5.74) is 3.64. The second-order valence-corrected chi connectivity index (χ2v) is 7.28. The van der Waals surface area contributed by atoms with E-state index in [4.69, 9.17) is 4.74 Å². The summed E-state index contributed by atoms with van der Waals surface area (Å²) in [6.07, 6.45) is 6.56. The molecular weight excluding hydrogens is 396 g/mol. The molecule has 8 heteroatoms. The number of hydrogen-bond acceptors (Lipinski definition) is 5. The van der Waals surface area contributed by atoms with Gasteiger partial charge in [-0.05, 0) is 54.8 Å². The van der Waals surface area contributed by atoms with Crippen LogP contribution in [0.2, 0.25) is 0 Å². The standard InChI is InChI=1S/C23H26N4O4/c28-21(25-18-7-3-1-4-8-18)16-31-20-13-11-17(12-14-20)15-24-27-23(30)22(29)26-19-9-5-2-6-10-19/h1,3-4,7-8,11-15,19H,2,5-6,9-10,16H2,(H,25,28)(H,26,29)(H,27,30)/b24-15-. The van der Waals surface area contributed by atoms with Crippen molar-refractivity contribution in [2.24, 2.45) is 5.10 Å². The van der Waals surface area contributed by atoms with Crippen LogP contribution in [-0.2, 0) is 14.4 Å². The minimum Gasteiger partial charge on any atom is -0.484 e. The van der Waals surface area contributed by atoms with Gasteiger partial charge in [-0.1, -0.05) is 37.5 Å². The van der Waals surface area contributed by atoms with Crippen LogP contribution < -0.4 is 20.8 Å². The molecule has 0 bridgehead atoms. The first-order valence-corrected chi connectivity index (χ1v) is 10.3. The fourth-order valence-electron chi connectivity index (χ4n) is 3.23. The van der Waals surface area contributed by atoms with Crippen LogP contribution in [0.15, 0.2) is 59.7 Å². The summed E-state index contributed by atoms with van der Waals surface area (Å²) in [5.74, 6) is -1.19. The van der Waals surface area contributed by atoms with Gasteiger partial charge in [-0.15, -0.1) is 0 Å². The maximum absolute atomic E-state index is 11.9. The van der Waals surface area contributed by atoms with Crippen molar-refractivity contribution in [2.45, 2.75) is 38.1 Å². The Morgan fingerprint density at radius 2 is 1.65 bits per heavy atom. The molecule has 8 nitrogen and oxygen atoms in total. The number of ether oxygens (including phenoxy) is 1. The van der Waals surface area contributed by atoms with Gasteiger partial charge in [0.05, 0.1) is 6.21 Å². The Bertz CT molecular complexity index is 907. The third-order valence-electron chi connectivity index (χ3n) is 4.83. The Hall–Kier alpha value is -3.68. The van der Waals surface area contributed by atoms with Gasteiger partial charge in [-0.25, -0.2) is 5.43 Å². The van der Waals surface area contributed by atoms with Gasteiger partial charge in [-0.3, -0.25) is 14.4 Å². The van der Waals surface area contributed by atoms with Gasteiger partial charge in [0, 0.05) is 11.7 Å². The number of hydrazone groups is 1. The van der Waals surface area contributed by atoms with Crippen molar-refractivity contribution in [3.63, 3.8) is 0 Å². The summed E-state index contributed by atoms with van der Waals surface area (Å²) >= 11 is 0. The third-order valence-corrected chi connectivity index (χ3v) is 4.83. The van der Waals surface area contributed by atoms with Gasteiger partial charge in [0.15, 0.2) is 6.61 Å². The number of nitrogens with zero attached hydrogens (tertiary/aromatic N) is 1. The number of carbonyl (C=O) groups excluding carboxylic acids is 3. The van der Waals surface area contributed by atoms with E-state index in [1.807, 2.05) is 18.2 Å². The number of benzene rings is 2. The van der Waals surface area contributed by atoms with E-state index in [-0.39, 0.29) is 18.6 Å². The average molecular weight is 422 g/mol. The first-order valence-electron chi connectivity index (χ1n) is 10.3. The van der Waals surface area contributed by atoms with Crippen molar-refractivity contribution < 1.29 is 19.1 Å². The van der Waals surface area contributed by atoms with E-state index in [1.54, 1.807) is 36.4 Å². The molecule has 0 spiro atoms. The van der Waals surface area contributed by atoms with Gasteiger partial charge in [0.25, 0.3) is 5.91 Å². The van der Waals surface area contributed by atoms with Crippen LogP contribution in [-0.4, -0.2) is 36.6 Å². The molecule has 0 atom stereocenters. The normalized spacial score (nSPS) is 14.1. The van der Waals surface area contributed by atoms with Crippen LogP contribution in [0.1, 0.15) is 37.7 Å². The van der Waals surface area contributed by atoms with Crippen LogP contribution in [0.25, 0.3) is 0 Å². The molecule has 0 saturated heterocycles. The highest BCUT2D eigenvalue weighted by Gasteiger charge is 2.19. The molecule has 0 heterocycles. The van der Waals surface area contributed by atoms with Crippen molar-refractivity contribution >= 4 is 29.6 Å². The zero-order valence-electron chi connectivity index (χ0n) is 17.2. The van der Waals surface area contributed by atoms with Crippen LogP contribution in [0.4, 0.5) is 5.69 Å². The summed E-state index contributed by atoms with van der Waals surface area (Å²) in [7, 11) is 0. The summed E-state index contributed by atoms with van der Waals surface area (Å²) in [4.78, 5) is 35.6. The molecule has 3 N–H and O–H groups in total. The second-order valence-electron chi connectivity index (χ2n) is 7.28. The van der Waals surface area contributed by atoms with Gasteiger partial charge < -0.3 is 15.4 Å². The highest BCUT2D eigenvalue weighted by Crippen LogP contribution is 2.17. The molecule has 0 unspecified atom stereocenters. The summed E-state index contributed by atoms with van der Waals surface area (Å²) < 4.78 is 5.46. The lowest BCUT2D eigenvalue weighted by Gasteiger charge is -2.22. The monoisotopic (exact) mass is 422 g/mol. The van der Waals surface area contributed by atoms with Crippen molar-refractivity contribution in [2.75, 3.05) is 11.9 Å². The Labute approximate surface area is 181 Å². The maximum Gasteiger partial charge on any atom is 0.329 e. The highest BCUT2D eigenvalue weighted by molar-refractivity contribution is 6.35. The van der Waals surface area contributed by atoms with E-state index in [9.17, 15) is 14.4 Å². The summed E-state index contributed by atoms with van der Waals surface area (Å²) in [6.45, 7) is -0.117. The quantitative estimate of drug-likeness (QED) is 0.362. The number of para-hydroxylation sites is 1. The molecule has 2 aromatic rings. The molecule has 2 aromatic carbocycles. The van der Waals surface area contributed by atoms with Crippen LogP contribution in [0.5, 0.6) is 5.75 Å². The van der Waals surface area contributed by atoms with Crippen LogP contribution in [0.3, 0.4) is 0 Å². The maximum atomic E-state index is 11.9. The average Bonchev–Trinajstić information content (AvgIpc) is 2.80. The van der Waals surface area contributed by atoms with E-state index in [0.717, 1.165) is 25.7 Å². The minimum absolute atomic E-state index is 0.0679. The first kappa shape index (κ1) is 22.0. The van der Waals surface area contributed by atoms with E-state index in [2.05, 4.69) is 21.2 Å². The predicted molar refractivity (Wildman–Crippen MR) is 118 cm³/mol. The molecule has 0 aromatic heterocycles. The van der Waals surface area contributed by atoms with Crippen LogP contribution >= 0.6 is 0 Å². The second kappa shape index (κ2) is 11.5. The SMILES string of the molecule is O=C(COc1ccc(/C=N\NC(=O)C(=O)NC2CCCCC2)cc1)Nc1ccccc1. The predicted octanol–water partition coefficient (Wildman–Crippen LogP) is 2.60. The van der Waals surface area contributed by atoms with E-state index in [0.29, 0.717) is 17.0 Å². The fraction of sp³-hybridized carbons (Fsp3) is 0.304. The lowest BCUT2D eigenvalue weighted by molar-refractivity contribution is -0.139. The lowest BCUT2D eigenvalue weighted by Crippen LogP contribution is -2.44. The lowest BCUT2D eigenvalue weighted by atomic mass is 9.95. The van der Waals surface area contributed by atoms with Crippen molar-refractivity contribution in [1.82, 2.24) is 10.7 Å². The molecule has 162 valence electrons. The molecule has 3 amide bonds. The molecule has 3 rings (SSSR count). The summed E-state index contributed by atoms with van der Waals surface area (Å²) in [6, 6.07) is 16.0. The molecular formula is C23H26N4O4. The van der Waals surface area contributed by atoms with Crippen LogP contribution in [0, 0.1) is 0 Å².